The quantitative estimate of drug-likeness (QED) is 0.601. The second kappa shape index (κ2) is 3.35. The maximum absolute atomic E-state index is 12.8. The Labute approximate surface area is 73.0 Å². The van der Waals surface area contributed by atoms with Gasteiger partial charge in [0.1, 0.15) is 0 Å². The van der Waals surface area contributed by atoms with Crippen LogP contribution in [-0.2, 0) is 0 Å². The maximum atomic E-state index is 12.8. The van der Waals surface area contributed by atoms with Crippen molar-refractivity contribution in [1.29, 1.82) is 0 Å². The summed E-state index contributed by atoms with van der Waals surface area (Å²) in [6.45, 7) is 1.39. The molecule has 0 saturated carbocycles. The summed E-state index contributed by atoms with van der Waals surface area (Å²) in [6.07, 6.45) is 0. The molecule has 12 heavy (non-hydrogen) atoms. The van der Waals surface area contributed by atoms with Gasteiger partial charge >= 0.3 is 0 Å². The van der Waals surface area contributed by atoms with E-state index in [1.165, 1.54) is 13.0 Å². The Morgan fingerprint density at radius 1 is 1.25 bits per heavy atom. The van der Waals surface area contributed by atoms with Crippen molar-refractivity contribution in [3.8, 4) is 0 Å². The predicted molar refractivity (Wildman–Crippen MR) is 40.8 cm³/mol. The van der Waals surface area contributed by atoms with Crippen molar-refractivity contribution < 1.29 is 13.2 Å². The van der Waals surface area contributed by atoms with Gasteiger partial charge in [-0.2, -0.15) is 0 Å². The van der Waals surface area contributed by atoms with Crippen LogP contribution in [0.2, 0.25) is 0 Å². The van der Waals surface area contributed by atoms with Gasteiger partial charge in [0.2, 0.25) is 5.63 Å². The fourth-order valence-corrected chi connectivity index (χ4v) is 0.998. The molecule has 0 aliphatic carbocycles. The van der Waals surface area contributed by atoms with Gasteiger partial charge in [-0.25, -0.2) is 13.2 Å². The maximum Gasteiger partial charge on any atom is 0.201 e. The lowest BCUT2D eigenvalue weighted by molar-refractivity contribution is 0.423. The predicted octanol–water partition coefficient (Wildman–Crippen LogP) is 3.48. The molecule has 0 spiro atoms. The number of halogens is 4. The monoisotopic (exact) mass is 194 g/mol. The summed E-state index contributed by atoms with van der Waals surface area (Å²) < 4.78 is 37.9. The van der Waals surface area contributed by atoms with Crippen molar-refractivity contribution in [2.24, 2.45) is 0 Å². The Hall–Kier alpha value is -0.700. The molecule has 0 aliphatic heterocycles. The summed E-state index contributed by atoms with van der Waals surface area (Å²) in [6, 6.07) is 2.41. The Kier molecular flexibility index (Phi) is 2.62. The third kappa shape index (κ3) is 1.55. The van der Waals surface area contributed by atoms with E-state index in [1.54, 1.807) is 0 Å². The van der Waals surface area contributed by atoms with E-state index >= 15 is 0 Å². The van der Waals surface area contributed by atoms with Gasteiger partial charge in [0.05, 0.1) is 0 Å². The van der Waals surface area contributed by atoms with Crippen molar-refractivity contribution in [2.75, 3.05) is 0 Å². The number of alkyl halides is 2. The summed E-state index contributed by atoms with van der Waals surface area (Å²) in [5.41, 5.74) is -2.33. The number of aryl methyl sites for hydroxylation is 1. The van der Waals surface area contributed by atoms with E-state index in [-0.39, 0.29) is 5.56 Å². The molecule has 0 saturated heterocycles. The van der Waals surface area contributed by atoms with Crippen LogP contribution in [0.4, 0.5) is 13.2 Å². The highest BCUT2D eigenvalue weighted by Gasteiger charge is 2.16. The second-order valence-electron chi connectivity index (χ2n) is 2.40. The Morgan fingerprint density at radius 3 is 2.33 bits per heavy atom. The molecule has 0 bridgehead atoms. The van der Waals surface area contributed by atoms with Crippen molar-refractivity contribution in [2.45, 2.75) is 12.6 Å². The van der Waals surface area contributed by atoms with Crippen LogP contribution < -0.4 is 0 Å². The standard InChI is InChI=1S/C8H6ClF3/c1-4-2-3-5(8(9)12)7(11)6(4)10/h2-3,8H,1H3. The summed E-state index contributed by atoms with van der Waals surface area (Å²) in [4.78, 5) is 0. The van der Waals surface area contributed by atoms with E-state index in [9.17, 15) is 13.2 Å². The van der Waals surface area contributed by atoms with Crippen molar-refractivity contribution in [3.63, 3.8) is 0 Å². The lowest BCUT2D eigenvalue weighted by atomic mass is 10.1. The molecule has 0 amide bonds. The van der Waals surface area contributed by atoms with Gasteiger partial charge in [-0.3, -0.25) is 0 Å². The van der Waals surface area contributed by atoms with Gasteiger partial charge in [-0.1, -0.05) is 23.7 Å². The zero-order valence-electron chi connectivity index (χ0n) is 6.24. The zero-order chi connectivity index (χ0) is 9.30. The number of rotatable bonds is 1. The fourth-order valence-electron chi connectivity index (χ4n) is 0.829. The average molecular weight is 195 g/mol. The molecule has 0 nitrogen and oxygen atoms in total. The van der Waals surface area contributed by atoms with Crippen LogP contribution in [0.25, 0.3) is 0 Å². The van der Waals surface area contributed by atoms with Gasteiger partial charge in [0.15, 0.2) is 11.6 Å². The summed E-state index contributed by atoms with van der Waals surface area (Å²) in [5.74, 6) is -2.26. The summed E-state index contributed by atoms with van der Waals surface area (Å²) in [5, 5.41) is 0. The second-order valence-corrected chi connectivity index (χ2v) is 2.78. The van der Waals surface area contributed by atoms with Crippen LogP contribution in [0, 0.1) is 18.6 Å². The first-order chi connectivity index (χ1) is 5.54. The van der Waals surface area contributed by atoms with E-state index in [1.807, 2.05) is 0 Å². The molecule has 0 N–H and O–H groups in total. The molecule has 66 valence electrons. The molecule has 1 aromatic carbocycles. The minimum atomic E-state index is -2.00. The molecule has 1 aromatic rings. The van der Waals surface area contributed by atoms with Crippen LogP contribution >= 0.6 is 11.6 Å². The lowest BCUT2D eigenvalue weighted by Gasteiger charge is -2.04. The van der Waals surface area contributed by atoms with E-state index < -0.39 is 22.8 Å². The lowest BCUT2D eigenvalue weighted by Crippen LogP contribution is -1.96. The van der Waals surface area contributed by atoms with Crippen LogP contribution in [0.3, 0.4) is 0 Å². The number of hydrogen-bond donors (Lipinski definition) is 0. The molecular weight excluding hydrogens is 189 g/mol. The van der Waals surface area contributed by atoms with Crippen molar-refractivity contribution in [3.05, 3.63) is 34.9 Å². The molecule has 1 rings (SSSR count). The van der Waals surface area contributed by atoms with Gasteiger partial charge in [0, 0.05) is 5.56 Å². The highest BCUT2D eigenvalue weighted by Crippen LogP contribution is 2.26. The minimum Gasteiger partial charge on any atom is -0.225 e. The largest absolute Gasteiger partial charge is 0.225 e. The molecule has 1 atom stereocenters. The molecule has 0 radical (unpaired) electrons. The van der Waals surface area contributed by atoms with Crippen LogP contribution in [-0.4, -0.2) is 0 Å². The zero-order valence-corrected chi connectivity index (χ0v) is 7.00. The first kappa shape index (κ1) is 9.39. The third-order valence-corrected chi connectivity index (χ3v) is 1.78. The average Bonchev–Trinajstić information content (AvgIpc) is 2.00. The molecular formula is C8H6ClF3. The van der Waals surface area contributed by atoms with Gasteiger partial charge in [-0.15, -0.1) is 0 Å². The molecule has 0 aliphatic rings. The third-order valence-electron chi connectivity index (χ3n) is 1.54. The Bertz CT molecular complexity index is 297. The SMILES string of the molecule is Cc1ccc(C(F)Cl)c(F)c1F. The number of benzene rings is 1. The van der Waals surface area contributed by atoms with Crippen molar-refractivity contribution in [1.82, 2.24) is 0 Å². The van der Waals surface area contributed by atoms with Crippen molar-refractivity contribution >= 4 is 11.6 Å². The minimum absolute atomic E-state index is 0.133. The molecule has 0 fully saturated rings. The first-order valence-electron chi connectivity index (χ1n) is 3.26. The van der Waals surface area contributed by atoms with E-state index in [0.717, 1.165) is 6.07 Å². The Morgan fingerprint density at radius 2 is 1.83 bits per heavy atom. The van der Waals surface area contributed by atoms with Crippen LogP contribution in [0.1, 0.15) is 16.8 Å². The summed E-state index contributed by atoms with van der Waals surface area (Å²) >= 11 is 4.96. The van der Waals surface area contributed by atoms with E-state index in [4.69, 9.17) is 11.6 Å². The van der Waals surface area contributed by atoms with Gasteiger partial charge in [-0.05, 0) is 12.5 Å². The highest BCUT2D eigenvalue weighted by molar-refractivity contribution is 6.19. The van der Waals surface area contributed by atoms with Crippen LogP contribution in [0.15, 0.2) is 12.1 Å². The van der Waals surface area contributed by atoms with E-state index in [0.29, 0.717) is 0 Å². The van der Waals surface area contributed by atoms with Crippen LogP contribution in [0.5, 0.6) is 0 Å². The summed E-state index contributed by atoms with van der Waals surface area (Å²) in [7, 11) is 0. The fraction of sp³-hybridized carbons (Fsp3) is 0.250. The van der Waals surface area contributed by atoms with Gasteiger partial charge < -0.3 is 0 Å². The number of hydrogen-bond acceptors (Lipinski definition) is 0. The molecule has 1 unspecified atom stereocenters. The Balaban J connectivity index is 3.27. The van der Waals surface area contributed by atoms with E-state index in [2.05, 4.69) is 0 Å². The van der Waals surface area contributed by atoms with Gasteiger partial charge in [0.25, 0.3) is 0 Å². The normalized spacial score (nSPS) is 13.1. The topological polar surface area (TPSA) is 0 Å². The molecule has 0 heterocycles. The molecule has 0 aromatic heterocycles. The highest BCUT2D eigenvalue weighted by atomic mass is 35.5. The first-order valence-corrected chi connectivity index (χ1v) is 3.70. The molecule has 4 heteroatoms. The smallest absolute Gasteiger partial charge is 0.201 e.